The van der Waals surface area contributed by atoms with E-state index in [9.17, 15) is 9.18 Å². The highest BCUT2D eigenvalue weighted by molar-refractivity contribution is 5.81. The molecule has 0 aromatic heterocycles. The molecule has 0 spiro atoms. The molecule has 0 aliphatic carbocycles. The van der Waals surface area contributed by atoms with E-state index >= 15 is 0 Å². The summed E-state index contributed by atoms with van der Waals surface area (Å²) in [5.74, 6) is -0.0851. The largest absolute Gasteiger partial charge is 0.352 e. The second-order valence-electron chi connectivity index (χ2n) is 5.33. The Hall–Kier alpha value is -0.640. The zero-order valence-electron chi connectivity index (χ0n) is 9.82. The molecule has 3 nitrogen and oxygen atoms in total. The van der Waals surface area contributed by atoms with Crippen molar-refractivity contribution in [3.05, 3.63) is 0 Å². The average Bonchev–Trinajstić information content (AvgIpc) is 2.14. The van der Waals surface area contributed by atoms with Crippen LogP contribution in [0.1, 0.15) is 33.6 Å². The van der Waals surface area contributed by atoms with Gasteiger partial charge in [0.25, 0.3) is 0 Å². The molecule has 1 fully saturated rings. The molecule has 1 heterocycles. The van der Waals surface area contributed by atoms with Crippen molar-refractivity contribution in [1.82, 2.24) is 10.6 Å². The lowest BCUT2D eigenvalue weighted by Gasteiger charge is -2.31. The number of piperidine rings is 1. The fourth-order valence-corrected chi connectivity index (χ4v) is 1.56. The average molecular weight is 216 g/mol. The molecule has 0 saturated carbocycles. The molecular formula is C11H21FN2O. The Bertz CT molecular complexity index is 229. The molecule has 0 atom stereocenters. The lowest BCUT2D eigenvalue weighted by atomic mass is 9.92. The topological polar surface area (TPSA) is 41.1 Å². The third kappa shape index (κ3) is 3.78. The predicted octanol–water partition coefficient (Wildman–Crippen LogP) is 1.24. The van der Waals surface area contributed by atoms with Gasteiger partial charge in [-0.2, -0.15) is 0 Å². The number of rotatable bonds is 2. The smallest absolute Gasteiger partial charge is 0.225 e. The van der Waals surface area contributed by atoms with Gasteiger partial charge < -0.3 is 10.6 Å². The standard InChI is InChI=1S/C11H21FN2O/c1-10(2,3)9(15)14-8-11(12)4-6-13-7-5-11/h13H,4-8H2,1-3H3,(H,14,15). The summed E-state index contributed by atoms with van der Waals surface area (Å²) < 4.78 is 14.1. The van der Waals surface area contributed by atoms with E-state index in [1.165, 1.54) is 0 Å². The molecule has 0 aromatic rings. The number of amides is 1. The van der Waals surface area contributed by atoms with Crippen molar-refractivity contribution in [2.45, 2.75) is 39.3 Å². The zero-order valence-corrected chi connectivity index (χ0v) is 9.82. The molecule has 1 aliphatic rings. The summed E-state index contributed by atoms with van der Waals surface area (Å²) in [4.78, 5) is 11.6. The lowest BCUT2D eigenvalue weighted by Crippen LogP contribution is -2.48. The van der Waals surface area contributed by atoms with Gasteiger partial charge in [-0.05, 0) is 25.9 Å². The molecule has 2 N–H and O–H groups in total. The van der Waals surface area contributed by atoms with Crippen LogP contribution in [0.3, 0.4) is 0 Å². The third-order valence-corrected chi connectivity index (χ3v) is 2.75. The first kappa shape index (κ1) is 12.4. The van der Waals surface area contributed by atoms with Gasteiger partial charge in [-0.15, -0.1) is 0 Å². The molecular weight excluding hydrogens is 195 g/mol. The Morgan fingerprint density at radius 1 is 1.40 bits per heavy atom. The molecule has 88 valence electrons. The van der Waals surface area contributed by atoms with E-state index in [1.807, 2.05) is 20.8 Å². The van der Waals surface area contributed by atoms with Crippen LogP contribution >= 0.6 is 0 Å². The molecule has 0 unspecified atom stereocenters. The summed E-state index contributed by atoms with van der Waals surface area (Å²) in [6, 6.07) is 0. The second kappa shape index (κ2) is 4.47. The fraction of sp³-hybridized carbons (Fsp3) is 0.909. The second-order valence-corrected chi connectivity index (χ2v) is 5.33. The third-order valence-electron chi connectivity index (χ3n) is 2.75. The first-order valence-electron chi connectivity index (χ1n) is 5.51. The number of hydrogen-bond donors (Lipinski definition) is 2. The molecule has 1 saturated heterocycles. The Kier molecular flexibility index (Phi) is 3.71. The van der Waals surface area contributed by atoms with Gasteiger partial charge in [-0.1, -0.05) is 20.8 Å². The van der Waals surface area contributed by atoms with Gasteiger partial charge in [0, 0.05) is 5.41 Å². The molecule has 0 aromatic carbocycles. The van der Waals surface area contributed by atoms with Crippen LogP contribution in [0.15, 0.2) is 0 Å². The maximum Gasteiger partial charge on any atom is 0.225 e. The van der Waals surface area contributed by atoms with Crippen LogP contribution in [0.2, 0.25) is 0 Å². The van der Waals surface area contributed by atoms with Crippen LogP contribution in [0.25, 0.3) is 0 Å². The minimum atomic E-state index is -1.22. The number of carbonyl (C=O) groups is 1. The van der Waals surface area contributed by atoms with Crippen LogP contribution in [0.5, 0.6) is 0 Å². The summed E-state index contributed by atoms with van der Waals surface area (Å²) in [6.45, 7) is 7.02. The summed E-state index contributed by atoms with van der Waals surface area (Å²) in [7, 11) is 0. The van der Waals surface area contributed by atoms with E-state index in [-0.39, 0.29) is 12.5 Å². The Morgan fingerprint density at radius 3 is 2.40 bits per heavy atom. The maximum absolute atomic E-state index is 14.1. The molecule has 1 amide bonds. The number of alkyl halides is 1. The molecule has 0 bridgehead atoms. The predicted molar refractivity (Wildman–Crippen MR) is 58.4 cm³/mol. The monoisotopic (exact) mass is 216 g/mol. The normalized spacial score (nSPS) is 21.1. The van der Waals surface area contributed by atoms with Crippen molar-refractivity contribution in [3.63, 3.8) is 0 Å². The highest BCUT2D eigenvalue weighted by Crippen LogP contribution is 2.22. The Labute approximate surface area is 90.8 Å². The van der Waals surface area contributed by atoms with Crippen molar-refractivity contribution in [1.29, 1.82) is 0 Å². The number of hydrogen-bond acceptors (Lipinski definition) is 2. The Balaban J connectivity index is 2.38. The van der Waals surface area contributed by atoms with Gasteiger partial charge in [-0.3, -0.25) is 4.79 Å². The molecule has 0 radical (unpaired) electrons. The van der Waals surface area contributed by atoms with Crippen LogP contribution in [-0.4, -0.2) is 31.2 Å². The van der Waals surface area contributed by atoms with Crippen molar-refractivity contribution in [2.24, 2.45) is 5.41 Å². The van der Waals surface area contributed by atoms with E-state index in [4.69, 9.17) is 0 Å². The first-order valence-corrected chi connectivity index (χ1v) is 5.51. The lowest BCUT2D eigenvalue weighted by molar-refractivity contribution is -0.129. The summed E-state index contributed by atoms with van der Waals surface area (Å²) in [5, 5.41) is 5.80. The molecule has 1 rings (SSSR count). The number of nitrogens with one attached hydrogen (secondary N) is 2. The fourth-order valence-electron chi connectivity index (χ4n) is 1.56. The SMILES string of the molecule is CC(C)(C)C(=O)NCC1(F)CCNCC1. The summed E-state index contributed by atoms with van der Waals surface area (Å²) >= 11 is 0. The number of halogens is 1. The number of carbonyl (C=O) groups excluding carboxylic acids is 1. The van der Waals surface area contributed by atoms with Gasteiger partial charge in [0.05, 0.1) is 6.54 Å². The van der Waals surface area contributed by atoms with Gasteiger partial charge in [-0.25, -0.2) is 4.39 Å². The van der Waals surface area contributed by atoms with Crippen LogP contribution in [0, 0.1) is 5.41 Å². The van der Waals surface area contributed by atoms with Crippen LogP contribution < -0.4 is 10.6 Å². The summed E-state index contributed by atoms with van der Waals surface area (Å²) in [6.07, 6.45) is 0.967. The minimum absolute atomic E-state index is 0.0851. The van der Waals surface area contributed by atoms with Gasteiger partial charge >= 0.3 is 0 Å². The zero-order chi connectivity index (χ0) is 11.5. The van der Waals surface area contributed by atoms with E-state index < -0.39 is 11.1 Å². The van der Waals surface area contributed by atoms with Crippen molar-refractivity contribution in [3.8, 4) is 0 Å². The minimum Gasteiger partial charge on any atom is -0.352 e. The highest BCUT2D eigenvalue weighted by Gasteiger charge is 2.33. The van der Waals surface area contributed by atoms with Crippen molar-refractivity contribution < 1.29 is 9.18 Å². The quantitative estimate of drug-likeness (QED) is 0.729. The van der Waals surface area contributed by atoms with E-state index in [1.54, 1.807) is 0 Å². The summed E-state index contributed by atoms with van der Waals surface area (Å²) in [5.41, 5.74) is -1.66. The van der Waals surface area contributed by atoms with Crippen molar-refractivity contribution in [2.75, 3.05) is 19.6 Å². The molecule has 1 aliphatic heterocycles. The maximum atomic E-state index is 14.1. The van der Waals surface area contributed by atoms with Gasteiger partial charge in [0.2, 0.25) is 5.91 Å². The highest BCUT2D eigenvalue weighted by atomic mass is 19.1. The molecule has 4 heteroatoms. The van der Waals surface area contributed by atoms with Crippen LogP contribution in [-0.2, 0) is 4.79 Å². The first-order chi connectivity index (χ1) is 6.83. The van der Waals surface area contributed by atoms with E-state index in [0.717, 1.165) is 0 Å². The van der Waals surface area contributed by atoms with Gasteiger partial charge in [0.1, 0.15) is 5.67 Å². The Morgan fingerprint density at radius 2 is 1.93 bits per heavy atom. The van der Waals surface area contributed by atoms with E-state index in [2.05, 4.69) is 10.6 Å². The van der Waals surface area contributed by atoms with Crippen LogP contribution in [0.4, 0.5) is 4.39 Å². The van der Waals surface area contributed by atoms with Gasteiger partial charge in [0.15, 0.2) is 0 Å². The van der Waals surface area contributed by atoms with Crippen molar-refractivity contribution >= 4 is 5.91 Å². The van der Waals surface area contributed by atoms with E-state index in [0.29, 0.717) is 25.9 Å². The molecule has 15 heavy (non-hydrogen) atoms.